The number of hydrogen-bond donors (Lipinski definition) is 0. The van der Waals surface area contributed by atoms with Gasteiger partial charge in [-0.05, 0) is 12.1 Å². The van der Waals surface area contributed by atoms with E-state index in [0.29, 0.717) is 0 Å². The molecule has 0 bridgehead atoms. The molecule has 0 aliphatic carbocycles. The second kappa shape index (κ2) is 10.5. The van der Waals surface area contributed by atoms with Crippen molar-refractivity contribution in [2.45, 2.75) is 0 Å². The fourth-order valence-electron chi connectivity index (χ4n) is 0.967. The van der Waals surface area contributed by atoms with Crippen LogP contribution in [0.5, 0.6) is 0 Å². The quantitative estimate of drug-likeness (QED) is 0.680. The van der Waals surface area contributed by atoms with Crippen LogP contribution in [0.15, 0.2) is 49.1 Å². The first kappa shape index (κ1) is 17.6. The number of pyridine rings is 2. The molecule has 8 heteroatoms. The molecule has 20 heavy (non-hydrogen) atoms. The van der Waals surface area contributed by atoms with Gasteiger partial charge in [-0.15, -0.1) is 0 Å². The second-order valence-electron chi connectivity index (χ2n) is 3.06. The van der Waals surface area contributed by atoms with Crippen LogP contribution in [0.2, 0.25) is 0 Å². The fraction of sp³-hybridized carbons (Fsp3) is 0. The Kier molecular flexibility index (Phi) is 9.29. The molecule has 7 nitrogen and oxygen atoms in total. The van der Waals surface area contributed by atoms with Crippen molar-refractivity contribution in [3.8, 4) is 0 Å². The molecule has 0 saturated heterocycles. The molecule has 0 atom stereocenters. The SMILES string of the molecule is O=C([O-])c1cccnc1.O=C([O-])c1cccnc1.[O]=[V+2]. The Morgan fingerprint density at radius 3 is 1.35 bits per heavy atom. The number of nitrogens with zero attached hydrogens (tertiary/aromatic N) is 2. The Morgan fingerprint density at radius 1 is 0.850 bits per heavy atom. The first-order valence-corrected chi connectivity index (χ1v) is 5.59. The average Bonchev–Trinajstić information content (AvgIpc) is 2.51. The maximum absolute atomic E-state index is 10.0. The van der Waals surface area contributed by atoms with Gasteiger partial charge < -0.3 is 19.8 Å². The Morgan fingerprint density at radius 2 is 1.20 bits per heavy atom. The number of carbonyl (C=O) groups excluding carboxylic acids is 2. The topological polar surface area (TPSA) is 123 Å². The van der Waals surface area contributed by atoms with Crippen LogP contribution in [0.4, 0.5) is 0 Å². The van der Waals surface area contributed by atoms with Gasteiger partial charge in [-0.25, -0.2) is 0 Å². The van der Waals surface area contributed by atoms with Crippen LogP contribution in [-0.2, 0) is 21.0 Å². The summed E-state index contributed by atoms with van der Waals surface area (Å²) in [5.41, 5.74) is 0.218. The summed E-state index contributed by atoms with van der Waals surface area (Å²) in [6.45, 7) is 0. The molecular formula is C12H8N2O5V. The van der Waals surface area contributed by atoms with E-state index in [1.807, 2.05) is 0 Å². The Balaban J connectivity index is 0.000000321. The molecule has 2 aromatic heterocycles. The van der Waals surface area contributed by atoms with Crippen LogP contribution in [-0.4, -0.2) is 21.9 Å². The number of hydrogen-bond acceptors (Lipinski definition) is 7. The third-order valence-electron chi connectivity index (χ3n) is 1.79. The van der Waals surface area contributed by atoms with Gasteiger partial charge in [0.25, 0.3) is 0 Å². The number of rotatable bonds is 2. The molecular weight excluding hydrogens is 303 g/mol. The number of aromatic nitrogens is 2. The standard InChI is InChI=1S/2C6H5NO2.O.V/c2*8-6(9)5-2-1-3-7-4-5;;/h2*1-4H,(H,8,9);;/q;;;+2/p-2. The zero-order chi connectivity index (χ0) is 15.4. The summed E-state index contributed by atoms with van der Waals surface area (Å²) >= 11 is 1.06. The summed E-state index contributed by atoms with van der Waals surface area (Å²) in [5, 5.41) is 20.1. The van der Waals surface area contributed by atoms with Gasteiger partial charge in [-0.3, -0.25) is 9.97 Å². The summed E-state index contributed by atoms with van der Waals surface area (Å²) in [5.74, 6) is -2.38. The van der Waals surface area contributed by atoms with E-state index in [0.717, 1.165) is 17.4 Å². The zero-order valence-electron chi connectivity index (χ0n) is 10.0. The molecule has 0 amide bonds. The van der Waals surface area contributed by atoms with Crippen molar-refractivity contribution < 1.29 is 40.8 Å². The molecule has 0 spiro atoms. The van der Waals surface area contributed by atoms with Gasteiger partial charge in [-0.2, -0.15) is 0 Å². The van der Waals surface area contributed by atoms with Crippen molar-refractivity contribution in [3.05, 3.63) is 60.2 Å². The summed E-state index contributed by atoms with van der Waals surface area (Å²) < 4.78 is 8.19. The maximum atomic E-state index is 10.0. The van der Waals surface area contributed by atoms with Crippen molar-refractivity contribution in [3.63, 3.8) is 0 Å². The number of aromatic carboxylic acids is 2. The third kappa shape index (κ3) is 7.15. The molecule has 2 heterocycles. The van der Waals surface area contributed by atoms with Crippen LogP contribution in [0.25, 0.3) is 0 Å². The number of carboxylic acids is 2. The predicted molar refractivity (Wildman–Crippen MR) is 57.8 cm³/mol. The van der Waals surface area contributed by atoms with E-state index in [4.69, 9.17) is 3.67 Å². The third-order valence-corrected chi connectivity index (χ3v) is 1.79. The molecule has 0 fully saturated rings. The first-order chi connectivity index (χ1) is 9.61. The van der Waals surface area contributed by atoms with Crippen molar-refractivity contribution in [1.29, 1.82) is 0 Å². The minimum absolute atomic E-state index is 0.109. The summed E-state index contributed by atoms with van der Waals surface area (Å²) in [6.07, 6.45) is 5.50. The molecule has 0 radical (unpaired) electrons. The summed E-state index contributed by atoms with van der Waals surface area (Å²) in [7, 11) is 0. The van der Waals surface area contributed by atoms with Gasteiger partial charge in [0.2, 0.25) is 0 Å². The average molecular weight is 311 g/mol. The first-order valence-electron chi connectivity index (χ1n) is 5.02. The molecule has 0 aliphatic rings. The van der Waals surface area contributed by atoms with Gasteiger partial charge in [0.1, 0.15) is 0 Å². The fourth-order valence-corrected chi connectivity index (χ4v) is 0.967. The van der Waals surface area contributed by atoms with Crippen molar-refractivity contribution in [2.75, 3.05) is 0 Å². The van der Waals surface area contributed by atoms with E-state index in [9.17, 15) is 19.8 Å². The Hall–Kier alpha value is -2.38. The molecule has 0 saturated carbocycles. The normalized spacial score (nSPS) is 8.30. The summed E-state index contributed by atoms with van der Waals surface area (Å²) in [6, 6.07) is 5.96. The second-order valence-corrected chi connectivity index (χ2v) is 3.06. The Bertz CT molecular complexity index is 487. The van der Waals surface area contributed by atoms with Crippen molar-refractivity contribution >= 4 is 11.9 Å². The van der Waals surface area contributed by atoms with Crippen LogP contribution >= 0.6 is 0 Å². The van der Waals surface area contributed by atoms with Crippen molar-refractivity contribution in [2.24, 2.45) is 0 Å². The van der Waals surface area contributed by atoms with Gasteiger partial charge in [0.05, 0.1) is 11.9 Å². The zero-order valence-corrected chi connectivity index (χ0v) is 11.4. The van der Waals surface area contributed by atoms with E-state index >= 15 is 0 Å². The Labute approximate surface area is 123 Å². The minimum atomic E-state index is -1.19. The van der Waals surface area contributed by atoms with Crippen LogP contribution < -0.4 is 10.2 Å². The van der Waals surface area contributed by atoms with E-state index < -0.39 is 11.9 Å². The van der Waals surface area contributed by atoms with Gasteiger partial charge >= 0.3 is 21.0 Å². The molecule has 0 aromatic carbocycles. The van der Waals surface area contributed by atoms with E-state index in [-0.39, 0.29) is 11.1 Å². The van der Waals surface area contributed by atoms with Crippen LogP contribution in [0.3, 0.4) is 0 Å². The van der Waals surface area contributed by atoms with Crippen LogP contribution in [0.1, 0.15) is 20.7 Å². The molecule has 0 aliphatic heterocycles. The van der Waals surface area contributed by atoms with Crippen LogP contribution in [0, 0.1) is 0 Å². The molecule has 2 aromatic rings. The van der Waals surface area contributed by atoms with E-state index in [1.54, 1.807) is 12.1 Å². The van der Waals surface area contributed by atoms with Crippen molar-refractivity contribution in [1.82, 2.24) is 9.97 Å². The molecule has 101 valence electrons. The van der Waals surface area contributed by atoms with E-state index in [1.165, 1.54) is 36.9 Å². The van der Waals surface area contributed by atoms with E-state index in [2.05, 4.69) is 9.97 Å². The molecule has 0 unspecified atom stereocenters. The van der Waals surface area contributed by atoms with Gasteiger partial charge in [0, 0.05) is 35.9 Å². The number of carbonyl (C=O) groups is 2. The van der Waals surface area contributed by atoms with Gasteiger partial charge in [0.15, 0.2) is 0 Å². The molecule has 2 rings (SSSR count). The number of carboxylic acid groups (broad SMARTS) is 2. The van der Waals surface area contributed by atoms with Gasteiger partial charge in [-0.1, -0.05) is 12.1 Å². The monoisotopic (exact) mass is 311 g/mol. The predicted octanol–water partition coefficient (Wildman–Crippen LogP) is -1.23. The molecule has 0 N–H and O–H groups in total. The summed E-state index contributed by atoms with van der Waals surface area (Å²) in [4.78, 5) is 27.3.